The van der Waals surface area contributed by atoms with Gasteiger partial charge < -0.3 is 5.11 Å². The second kappa shape index (κ2) is 6.68. The van der Waals surface area contributed by atoms with E-state index >= 15 is 0 Å². The van der Waals surface area contributed by atoms with Crippen LogP contribution in [0.15, 0.2) is 24.3 Å². The first-order chi connectivity index (χ1) is 7.82. The van der Waals surface area contributed by atoms with Crippen molar-refractivity contribution in [2.75, 3.05) is 0 Å². The second-order valence-corrected chi connectivity index (χ2v) is 5.68. The highest BCUT2D eigenvalue weighted by Crippen LogP contribution is 2.40. The zero-order chi connectivity index (χ0) is 13.6. The van der Waals surface area contributed by atoms with E-state index in [-0.39, 0.29) is 5.41 Å². The summed E-state index contributed by atoms with van der Waals surface area (Å²) >= 11 is 0. The van der Waals surface area contributed by atoms with Crippen molar-refractivity contribution in [3.05, 3.63) is 29.8 Å². The Hall–Kier alpha value is -0.980. The molecule has 1 N–H and O–H groups in total. The SMILES string of the molecule is CC.CC(C)C(c1ccc(O)cc1)C(C)(C)C. The summed E-state index contributed by atoms with van der Waals surface area (Å²) in [5.41, 5.74) is 1.57. The Labute approximate surface area is 107 Å². The maximum absolute atomic E-state index is 9.28. The first-order valence-corrected chi connectivity index (χ1v) is 6.61. The van der Waals surface area contributed by atoms with E-state index in [1.54, 1.807) is 12.1 Å². The molecule has 0 aliphatic rings. The Bertz CT molecular complexity index is 303. The molecule has 0 aliphatic carbocycles. The minimum Gasteiger partial charge on any atom is -0.508 e. The highest BCUT2D eigenvalue weighted by atomic mass is 16.3. The van der Waals surface area contributed by atoms with Crippen LogP contribution < -0.4 is 0 Å². The minimum absolute atomic E-state index is 0.255. The zero-order valence-electron chi connectivity index (χ0n) is 12.4. The van der Waals surface area contributed by atoms with Gasteiger partial charge in [-0.2, -0.15) is 0 Å². The Morgan fingerprint density at radius 3 is 1.65 bits per heavy atom. The first kappa shape index (κ1) is 16.0. The lowest BCUT2D eigenvalue weighted by molar-refractivity contribution is 0.258. The first-order valence-electron chi connectivity index (χ1n) is 6.61. The standard InChI is InChI=1S/C14H22O.C2H6/c1-10(2)13(14(3,4)5)11-6-8-12(15)9-7-11;1-2/h6-10,13,15H,1-5H3;1-2H3. The smallest absolute Gasteiger partial charge is 0.115 e. The predicted octanol–water partition coefficient (Wildman–Crippen LogP) is 5.20. The third-order valence-electron chi connectivity index (χ3n) is 2.85. The van der Waals surface area contributed by atoms with Gasteiger partial charge in [0.15, 0.2) is 0 Å². The molecule has 1 atom stereocenters. The molecule has 1 nitrogen and oxygen atoms in total. The van der Waals surface area contributed by atoms with Crippen molar-refractivity contribution in [2.45, 2.75) is 54.4 Å². The lowest BCUT2D eigenvalue weighted by Gasteiger charge is -2.34. The van der Waals surface area contributed by atoms with Crippen LogP contribution in [0.4, 0.5) is 0 Å². The second-order valence-electron chi connectivity index (χ2n) is 5.68. The molecule has 0 spiro atoms. The molecule has 0 aromatic heterocycles. The quantitative estimate of drug-likeness (QED) is 0.748. The number of phenols is 1. The van der Waals surface area contributed by atoms with Crippen molar-refractivity contribution < 1.29 is 5.11 Å². The van der Waals surface area contributed by atoms with Crippen LogP contribution >= 0.6 is 0 Å². The van der Waals surface area contributed by atoms with E-state index in [0.29, 0.717) is 17.6 Å². The van der Waals surface area contributed by atoms with Crippen LogP contribution in [0.1, 0.15) is 59.9 Å². The van der Waals surface area contributed by atoms with Gasteiger partial charge in [0, 0.05) is 0 Å². The lowest BCUT2D eigenvalue weighted by Crippen LogP contribution is -2.23. The van der Waals surface area contributed by atoms with Crippen molar-refractivity contribution in [2.24, 2.45) is 11.3 Å². The Morgan fingerprint density at radius 1 is 0.941 bits per heavy atom. The fourth-order valence-corrected chi connectivity index (χ4v) is 2.57. The molecule has 0 heterocycles. The number of rotatable bonds is 2. The Kier molecular flexibility index (Phi) is 6.30. The average Bonchev–Trinajstić information content (AvgIpc) is 2.22. The van der Waals surface area contributed by atoms with E-state index in [0.717, 1.165) is 0 Å². The molecule has 98 valence electrons. The van der Waals surface area contributed by atoms with Gasteiger partial charge in [-0.3, -0.25) is 0 Å². The molecule has 0 amide bonds. The third kappa shape index (κ3) is 4.80. The molecule has 0 bridgehead atoms. The summed E-state index contributed by atoms with van der Waals surface area (Å²) in [5.74, 6) is 1.47. The van der Waals surface area contributed by atoms with E-state index in [1.165, 1.54) is 5.56 Å². The van der Waals surface area contributed by atoms with Gasteiger partial charge in [-0.1, -0.05) is 60.6 Å². The van der Waals surface area contributed by atoms with Crippen molar-refractivity contribution in [3.8, 4) is 5.75 Å². The average molecular weight is 236 g/mol. The van der Waals surface area contributed by atoms with Gasteiger partial charge in [0.05, 0.1) is 0 Å². The van der Waals surface area contributed by atoms with Crippen LogP contribution in [0.5, 0.6) is 5.75 Å². The Morgan fingerprint density at radius 2 is 1.35 bits per heavy atom. The molecule has 0 fully saturated rings. The van der Waals surface area contributed by atoms with Gasteiger partial charge in [-0.05, 0) is 34.9 Å². The fraction of sp³-hybridized carbons (Fsp3) is 0.625. The van der Waals surface area contributed by atoms with Crippen LogP contribution in [0.2, 0.25) is 0 Å². The summed E-state index contributed by atoms with van der Waals surface area (Å²) in [6.45, 7) is 15.3. The van der Waals surface area contributed by atoms with E-state index in [9.17, 15) is 5.11 Å². The van der Waals surface area contributed by atoms with Crippen LogP contribution in [0.3, 0.4) is 0 Å². The molecule has 0 saturated carbocycles. The predicted molar refractivity (Wildman–Crippen MR) is 76.5 cm³/mol. The lowest BCUT2D eigenvalue weighted by atomic mass is 9.71. The number of aromatic hydroxyl groups is 1. The molecule has 1 unspecified atom stereocenters. The van der Waals surface area contributed by atoms with E-state index in [4.69, 9.17) is 0 Å². The summed E-state index contributed by atoms with van der Waals surface area (Å²) in [6, 6.07) is 7.61. The Balaban J connectivity index is 0.00000121. The molecule has 1 rings (SSSR count). The van der Waals surface area contributed by atoms with Gasteiger partial charge in [-0.25, -0.2) is 0 Å². The summed E-state index contributed by atoms with van der Waals surface area (Å²) < 4.78 is 0. The van der Waals surface area contributed by atoms with Gasteiger partial charge >= 0.3 is 0 Å². The zero-order valence-corrected chi connectivity index (χ0v) is 12.4. The van der Waals surface area contributed by atoms with Crippen LogP contribution in [-0.4, -0.2) is 5.11 Å². The molecular formula is C16H28O. The van der Waals surface area contributed by atoms with Gasteiger partial charge in [0.2, 0.25) is 0 Å². The largest absolute Gasteiger partial charge is 0.508 e. The maximum Gasteiger partial charge on any atom is 0.115 e. The van der Waals surface area contributed by atoms with Crippen LogP contribution in [-0.2, 0) is 0 Å². The molecule has 0 radical (unpaired) electrons. The molecule has 1 aromatic rings. The minimum atomic E-state index is 0.255. The van der Waals surface area contributed by atoms with E-state index in [1.807, 2.05) is 26.0 Å². The summed E-state index contributed by atoms with van der Waals surface area (Å²) in [5, 5.41) is 9.28. The van der Waals surface area contributed by atoms with Gasteiger partial charge in [-0.15, -0.1) is 0 Å². The third-order valence-corrected chi connectivity index (χ3v) is 2.85. The number of benzene rings is 1. The van der Waals surface area contributed by atoms with Crippen molar-refractivity contribution in [1.82, 2.24) is 0 Å². The normalized spacial score (nSPS) is 12.9. The molecule has 1 heteroatoms. The molecule has 17 heavy (non-hydrogen) atoms. The summed E-state index contributed by atoms with van der Waals surface area (Å²) in [7, 11) is 0. The van der Waals surface area contributed by atoms with Crippen molar-refractivity contribution in [3.63, 3.8) is 0 Å². The number of hydrogen-bond acceptors (Lipinski definition) is 1. The number of hydrogen-bond donors (Lipinski definition) is 1. The summed E-state index contributed by atoms with van der Waals surface area (Å²) in [6.07, 6.45) is 0. The molecule has 0 saturated heterocycles. The van der Waals surface area contributed by atoms with Crippen molar-refractivity contribution >= 4 is 0 Å². The molecular weight excluding hydrogens is 208 g/mol. The highest BCUT2D eigenvalue weighted by molar-refractivity contribution is 5.29. The fourth-order valence-electron chi connectivity index (χ4n) is 2.57. The topological polar surface area (TPSA) is 20.2 Å². The monoisotopic (exact) mass is 236 g/mol. The number of phenolic OH excluding ortho intramolecular Hbond substituents is 1. The van der Waals surface area contributed by atoms with Crippen LogP contribution in [0, 0.1) is 11.3 Å². The van der Waals surface area contributed by atoms with Crippen molar-refractivity contribution in [1.29, 1.82) is 0 Å². The molecule has 0 aliphatic heterocycles. The highest BCUT2D eigenvalue weighted by Gasteiger charge is 2.28. The van der Waals surface area contributed by atoms with Crippen LogP contribution in [0.25, 0.3) is 0 Å². The maximum atomic E-state index is 9.28. The van der Waals surface area contributed by atoms with Gasteiger partial charge in [0.1, 0.15) is 5.75 Å². The van der Waals surface area contributed by atoms with E-state index in [2.05, 4.69) is 34.6 Å². The van der Waals surface area contributed by atoms with E-state index < -0.39 is 0 Å². The van der Waals surface area contributed by atoms with Gasteiger partial charge in [0.25, 0.3) is 0 Å². The molecule has 1 aromatic carbocycles. The summed E-state index contributed by atoms with van der Waals surface area (Å²) in [4.78, 5) is 0.